The molecule has 0 atom stereocenters. The Morgan fingerprint density at radius 3 is 2.88 bits per heavy atom. The van der Waals surface area contributed by atoms with Crippen LogP contribution in [0, 0.1) is 0 Å². The Kier molecular flexibility index (Phi) is 4.57. The average Bonchev–Trinajstić information content (AvgIpc) is 3.37. The zero-order valence-electron chi connectivity index (χ0n) is 14.1. The molecule has 132 valence electrons. The van der Waals surface area contributed by atoms with Gasteiger partial charge in [0.1, 0.15) is 6.61 Å². The molecule has 25 heavy (non-hydrogen) atoms. The summed E-state index contributed by atoms with van der Waals surface area (Å²) in [5, 5.41) is 3.03. The van der Waals surface area contributed by atoms with Gasteiger partial charge < -0.3 is 14.5 Å². The smallest absolute Gasteiger partial charge is 0.409 e. The van der Waals surface area contributed by atoms with Crippen molar-refractivity contribution in [2.75, 3.05) is 32.8 Å². The molecular formula is C18H21N3O3S. The van der Waals surface area contributed by atoms with Crippen LogP contribution in [0.3, 0.4) is 0 Å². The number of nitrogens with zero attached hydrogens (tertiary/aromatic N) is 3. The van der Waals surface area contributed by atoms with E-state index >= 15 is 0 Å². The second-order valence-corrected chi connectivity index (χ2v) is 7.45. The van der Waals surface area contributed by atoms with Gasteiger partial charge in [0.05, 0.1) is 17.2 Å². The second-order valence-electron chi connectivity index (χ2n) is 6.51. The van der Waals surface area contributed by atoms with Gasteiger partial charge in [-0.05, 0) is 30.9 Å². The van der Waals surface area contributed by atoms with Crippen LogP contribution in [0.25, 0.3) is 5.57 Å². The summed E-state index contributed by atoms with van der Waals surface area (Å²) < 4.78 is 4.93. The van der Waals surface area contributed by atoms with E-state index in [0.717, 1.165) is 54.2 Å². The summed E-state index contributed by atoms with van der Waals surface area (Å²) in [5.41, 5.74) is 2.82. The second kappa shape index (κ2) is 7.00. The van der Waals surface area contributed by atoms with Gasteiger partial charge in [0, 0.05) is 37.0 Å². The molecule has 0 saturated carbocycles. The molecule has 2 aliphatic heterocycles. The first-order valence-corrected chi connectivity index (χ1v) is 9.65. The number of aromatic nitrogens is 1. The third kappa shape index (κ3) is 3.46. The van der Waals surface area contributed by atoms with Crippen molar-refractivity contribution in [3.63, 3.8) is 0 Å². The van der Waals surface area contributed by atoms with E-state index in [-0.39, 0.29) is 12.0 Å². The highest BCUT2D eigenvalue weighted by Gasteiger charge is 2.24. The van der Waals surface area contributed by atoms with Gasteiger partial charge in [0.2, 0.25) is 5.91 Å². The molecule has 0 spiro atoms. The van der Waals surface area contributed by atoms with Gasteiger partial charge in [-0.25, -0.2) is 9.78 Å². The van der Waals surface area contributed by atoms with Crippen LogP contribution in [0.4, 0.5) is 4.79 Å². The Bertz CT molecular complexity index is 747. The van der Waals surface area contributed by atoms with Gasteiger partial charge in [-0.2, -0.15) is 0 Å². The molecule has 1 aromatic heterocycles. The van der Waals surface area contributed by atoms with Crippen LogP contribution in [0.5, 0.6) is 0 Å². The molecule has 6 nitrogen and oxygen atoms in total. The van der Waals surface area contributed by atoms with Crippen LogP contribution in [-0.2, 0) is 16.0 Å². The van der Waals surface area contributed by atoms with Crippen molar-refractivity contribution >= 4 is 28.9 Å². The molecule has 0 bridgehead atoms. The van der Waals surface area contributed by atoms with E-state index in [2.05, 4.69) is 11.1 Å². The van der Waals surface area contributed by atoms with Crippen molar-refractivity contribution in [1.29, 1.82) is 0 Å². The van der Waals surface area contributed by atoms with Crippen LogP contribution in [0.15, 0.2) is 23.1 Å². The Morgan fingerprint density at radius 1 is 1.28 bits per heavy atom. The molecule has 7 heteroatoms. The van der Waals surface area contributed by atoms with Crippen molar-refractivity contribution in [2.45, 2.75) is 25.7 Å². The first-order valence-electron chi connectivity index (χ1n) is 8.77. The lowest BCUT2D eigenvalue weighted by Crippen LogP contribution is -2.28. The standard InChI is InChI=1S/C18H21N3O3S/c22-17(20-6-1-2-7-20)14-4-3-13(11-14)15-12-25-16(19-15)5-8-21-9-10-24-18(21)23/h3,11-12H,1-2,4-10H2. The Labute approximate surface area is 150 Å². The van der Waals surface area contributed by atoms with Crippen LogP contribution in [0.2, 0.25) is 0 Å². The normalized spacial score (nSPS) is 20.1. The van der Waals surface area contributed by atoms with Gasteiger partial charge in [-0.3, -0.25) is 4.79 Å². The van der Waals surface area contributed by atoms with Gasteiger partial charge in [0.15, 0.2) is 0 Å². The number of cyclic esters (lactones) is 1. The van der Waals surface area contributed by atoms with E-state index < -0.39 is 0 Å². The topological polar surface area (TPSA) is 62.7 Å². The van der Waals surface area contributed by atoms with Crippen LogP contribution in [0.1, 0.15) is 30.0 Å². The number of hydrogen-bond acceptors (Lipinski definition) is 5. The first kappa shape index (κ1) is 16.3. The average molecular weight is 359 g/mol. The van der Waals surface area contributed by atoms with E-state index in [0.29, 0.717) is 26.1 Å². The predicted molar refractivity (Wildman–Crippen MR) is 95.2 cm³/mol. The van der Waals surface area contributed by atoms with Crippen molar-refractivity contribution in [3.05, 3.63) is 33.8 Å². The summed E-state index contributed by atoms with van der Waals surface area (Å²) in [6.07, 6.45) is 7.48. The van der Waals surface area contributed by atoms with Crippen LogP contribution >= 0.6 is 11.3 Å². The summed E-state index contributed by atoms with van der Waals surface area (Å²) in [6, 6.07) is 0. The zero-order valence-corrected chi connectivity index (χ0v) is 14.9. The van der Waals surface area contributed by atoms with Gasteiger partial charge in [-0.1, -0.05) is 6.08 Å². The summed E-state index contributed by atoms with van der Waals surface area (Å²) >= 11 is 1.60. The predicted octanol–water partition coefficient (Wildman–Crippen LogP) is 2.47. The summed E-state index contributed by atoms with van der Waals surface area (Å²) in [6.45, 7) is 3.54. The molecule has 2 fully saturated rings. The maximum Gasteiger partial charge on any atom is 0.409 e. The SMILES string of the molecule is O=C1OCCN1CCc1nc(C2=CCC(C(=O)N3CCCC3)=C2)cs1. The molecule has 0 N–H and O–H groups in total. The number of rotatable bonds is 5. The van der Waals surface area contributed by atoms with E-state index in [1.165, 1.54) is 0 Å². The van der Waals surface area contributed by atoms with E-state index in [1.54, 1.807) is 16.2 Å². The van der Waals surface area contributed by atoms with Crippen LogP contribution < -0.4 is 0 Å². The zero-order chi connectivity index (χ0) is 17.2. The fraction of sp³-hybridized carbons (Fsp3) is 0.500. The third-order valence-corrected chi connectivity index (χ3v) is 5.74. The van der Waals surface area contributed by atoms with Crippen molar-refractivity contribution in [1.82, 2.24) is 14.8 Å². The number of amides is 2. The lowest BCUT2D eigenvalue weighted by Gasteiger charge is -2.15. The Hall–Kier alpha value is -2.15. The highest BCUT2D eigenvalue weighted by atomic mass is 32.1. The molecule has 3 heterocycles. The number of ether oxygens (including phenoxy) is 1. The third-order valence-electron chi connectivity index (χ3n) is 4.83. The fourth-order valence-corrected chi connectivity index (χ4v) is 4.19. The molecule has 0 unspecified atom stereocenters. The lowest BCUT2D eigenvalue weighted by atomic mass is 10.2. The van der Waals surface area contributed by atoms with Crippen LogP contribution in [-0.4, -0.2) is 59.6 Å². The minimum Gasteiger partial charge on any atom is -0.448 e. The van der Waals surface area contributed by atoms with Crippen molar-refractivity contribution in [3.8, 4) is 0 Å². The van der Waals surface area contributed by atoms with Gasteiger partial charge >= 0.3 is 6.09 Å². The summed E-state index contributed by atoms with van der Waals surface area (Å²) in [7, 11) is 0. The van der Waals surface area contributed by atoms with Gasteiger partial charge in [-0.15, -0.1) is 11.3 Å². The molecule has 4 rings (SSSR count). The largest absolute Gasteiger partial charge is 0.448 e. The van der Waals surface area contributed by atoms with E-state index in [1.807, 2.05) is 16.4 Å². The van der Waals surface area contributed by atoms with Gasteiger partial charge in [0.25, 0.3) is 0 Å². The molecule has 1 aliphatic carbocycles. The monoisotopic (exact) mass is 359 g/mol. The number of hydrogen-bond donors (Lipinski definition) is 0. The molecule has 2 saturated heterocycles. The van der Waals surface area contributed by atoms with Crippen molar-refractivity contribution in [2.24, 2.45) is 0 Å². The van der Waals surface area contributed by atoms with Crippen molar-refractivity contribution < 1.29 is 14.3 Å². The number of carbonyl (C=O) groups is 2. The number of carbonyl (C=O) groups excluding carboxylic acids is 2. The molecule has 0 aromatic carbocycles. The lowest BCUT2D eigenvalue weighted by molar-refractivity contribution is -0.126. The first-order chi connectivity index (χ1) is 12.2. The van der Waals surface area contributed by atoms with E-state index in [9.17, 15) is 9.59 Å². The summed E-state index contributed by atoms with van der Waals surface area (Å²) in [5.74, 6) is 0.173. The molecule has 0 radical (unpaired) electrons. The maximum absolute atomic E-state index is 12.5. The minimum atomic E-state index is -0.233. The molecule has 2 amide bonds. The number of allylic oxidation sites excluding steroid dienone is 3. The Balaban J connectivity index is 1.37. The van der Waals surface area contributed by atoms with E-state index in [4.69, 9.17) is 4.74 Å². The Morgan fingerprint density at radius 2 is 2.12 bits per heavy atom. The fourth-order valence-electron chi connectivity index (χ4n) is 3.39. The molecule has 1 aromatic rings. The molecule has 3 aliphatic rings. The minimum absolute atomic E-state index is 0.173. The number of likely N-dealkylation sites (tertiary alicyclic amines) is 1. The molecular weight excluding hydrogens is 338 g/mol. The number of thiazole rings is 1. The quantitative estimate of drug-likeness (QED) is 0.810. The highest BCUT2D eigenvalue weighted by molar-refractivity contribution is 7.09. The summed E-state index contributed by atoms with van der Waals surface area (Å²) in [4.78, 5) is 32.3. The maximum atomic E-state index is 12.5. The highest BCUT2D eigenvalue weighted by Crippen LogP contribution is 2.29.